The van der Waals surface area contributed by atoms with Gasteiger partial charge in [-0.2, -0.15) is 0 Å². The summed E-state index contributed by atoms with van der Waals surface area (Å²) in [5.41, 5.74) is 1.37. The summed E-state index contributed by atoms with van der Waals surface area (Å²) in [5, 5.41) is 0. The molecule has 1 N–H and O–H groups in total. The molecule has 0 aromatic heterocycles. The predicted molar refractivity (Wildman–Crippen MR) is 72.8 cm³/mol. The van der Waals surface area contributed by atoms with E-state index in [9.17, 15) is 4.79 Å². The van der Waals surface area contributed by atoms with Gasteiger partial charge in [-0.3, -0.25) is 4.79 Å². The smallest absolute Gasteiger partial charge is 0.315 e. The van der Waals surface area contributed by atoms with Crippen molar-refractivity contribution >= 4 is 5.97 Å². The Labute approximate surface area is 114 Å². The predicted octanol–water partition coefficient (Wildman–Crippen LogP) is 1.36. The van der Waals surface area contributed by atoms with Crippen molar-refractivity contribution < 1.29 is 14.4 Å². The zero-order valence-corrected chi connectivity index (χ0v) is 11.5. The first-order valence-electron chi connectivity index (χ1n) is 7.38. The Morgan fingerprint density at radius 2 is 2.16 bits per heavy atom. The first kappa shape index (κ1) is 12.7. The third-order valence-electron chi connectivity index (χ3n) is 4.67. The Balaban J connectivity index is 1.82. The first-order valence-corrected chi connectivity index (χ1v) is 7.38. The van der Waals surface area contributed by atoms with E-state index in [0.29, 0.717) is 18.7 Å². The fourth-order valence-electron chi connectivity index (χ4n) is 3.90. The van der Waals surface area contributed by atoms with Crippen molar-refractivity contribution in [2.45, 2.75) is 38.3 Å². The molecule has 1 aromatic rings. The summed E-state index contributed by atoms with van der Waals surface area (Å²) in [5.74, 6) is 0.119. The van der Waals surface area contributed by atoms with Crippen LogP contribution in [0.15, 0.2) is 30.3 Å². The molecule has 1 aromatic carbocycles. The SMILES string of the molecule is CCOC(=O)[C@H]1C[C@@H](c2ccccc2)[NH+]2CCC[C@@H]12. The van der Waals surface area contributed by atoms with Crippen LogP contribution in [0.2, 0.25) is 0 Å². The Morgan fingerprint density at radius 3 is 2.89 bits per heavy atom. The molecule has 2 aliphatic rings. The van der Waals surface area contributed by atoms with Crippen molar-refractivity contribution in [1.82, 2.24) is 0 Å². The van der Waals surface area contributed by atoms with Crippen LogP contribution in [0, 0.1) is 5.92 Å². The van der Waals surface area contributed by atoms with Gasteiger partial charge < -0.3 is 9.64 Å². The lowest BCUT2D eigenvalue weighted by Crippen LogP contribution is -3.12. The number of carbonyl (C=O) groups is 1. The van der Waals surface area contributed by atoms with Crippen molar-refractivity contribution in [2.75, 3.05) is 13.2 Å². The minimum atomic E-state index is 0.0188. The van der Waals surface area contributed by atoms with Crippen LogP contribution in [0.25, 0.3) is 0 Å². The van der Waals surface area contributed by atoms with E-state index >= 15 is 0 Å². The summed E-state index contributed by atoms with van der Waals surface area (Å²) in [6.07, 6.45) is 3.35. The first-order chi connectivity index (χ1) is 9.31. The molecular weight excluding hydrogens is 238 g/mol. The highest BCUT2D eigenvalue weighted by atomic mass is 16.5. The fourth-order valence-corrected chi connectivity index (χ4v) is 3.90. The van der Waals surface area contributed by atoms with E-state index in [-0.39, 0.29) is 11.9 Å². The second-order valence-electron chi connectivity index (χ2n) is 5.63. The third-order valence-corrected chi connectivity index (χ3v) is 4.67. The summed E-state index contributed by atoms with van der Waals surface area (Å²) in [7, 11) is 0. The molecule has 0 bridgehead atoms. The fraction of sp³-hybridized carbons (Fsp3) is 0.562. The highest BCUT2D eigenvalue weighted by Gasteiger charge is 2.51. The van der Waals surface area contributed by atoms with Crippen LogP contribution in [0.1, 0.15) is 37.8 Å². The van der Waals surface area contributed by atoms with Crippen LogP contribution in [-0.2, 0) is 9.53 Å². The van der Waals surface area contributed by atoms with Gasteiger partial charge in [0.1, 0.15) is 18.0 Å². The second-order valence-corrected chi connectivity index (χ2v) is 5.63. The average molecular weight is 260 g/mol. The van der Waals surface area contributed by atoms with Crippen LogP contribution >= 0.6 is 0 Å². The summed E-state index contributed by atoms with van der Waals surface area (Å²) >= 11 is 0. The van der Waals surface area contributed by atoms with E-state index in [1.807, 2.05) is 6.92 Å². The Hall–Kier alpha value is -1.35. The maximum Gasteiger partial charge on any atom is 0.315 e. The quantitative estimate of drug-likeness (QED) is 0.832. The Morgan fingerprint density at radius 1 is 1.37 bits per heavy atom. The van der Waals surface area contributed by atoms with Gasteiger partial charge in [-0.05, 0) is 6.92 Å². The molecule has 102 valence electrons. The molecule has 0 spiro atoms. The molecule has 19 heavy (non-hydrogen) atoms. The zero-order chi connectivity index (χ0) is 13.2. The standard InChI is InChI=1S/C16H21NO2/c1-2-19-16(18)13-11-15(12-7-4-3-5-8-12)17-10-6-9-14(13)17/h3-5,7-8,13-15H,2,6,9-11H2,1H3/p+1/t13-,14-,15-/m0/s1. The van der Waals surface area contributed by atoms with E-state index in [1.54, 1.807) is 4.90 Å². The number of rotatable bonds is 3. The summed E-state index contributed by atoms with van der Waals surface area (Å²) in [6.45, 7) is 3.58. The van der Waals surface area contributed by atoms with Gasteiger partial charge in [0.25, 0.3) is 0 Å². The van der Waals surface area contributed by atoms with Crippen LogP contribution in [0.5, 0.6) is 0 Å². The van der Waals surface area contributed by atoms with Gasteiger partial charge in [-0.25, -0.2) is 0 Å². The lowest BCUT2D eigenvalue weighted by atomic mass is 9.94. The van der Waals surface area contributed by atoms with Crippen molar-refractivity contribution in [1.29, 1.82) is 0 Å². The van der Waals surface area contributed by atoms with Crippen molar-refractivity contribution in [3.8, 4) is 0 Å². The van der Waals surface area contributed by atoms with Crippen LogP contribution in [0.4, 0.5) is 0 Å². The molecular formula is C16H22NO2+. The highest BCUT2D eigenvalue weighted by molar-refractivity contribution is 5.73. The highest BCUT2D eigenvalue weighted by Crippen LogP contribution is 2.32. The van der Waals surface area contributed by atoms with Crippen molar-refractivity contribution in [2.24, 2.45) is 5.92 Å². The molecule has 0 radical (unpaired) electrons. The maximum absolute atomic E-state index is 12.1. The van der Waals surface area contributed by atoms with E-state index in [0.717, 1.165) is 6.42 Å². The van der Waals surface area contributed by atoms with Gasteiger partial charge >= 0.3 is 5.97 Å². The minimum Gasteiger partial charge on any atom is -0.466 e. The number of benzene rings is 1. The lowest BCUT2D eigenvalue weighted by molar-refractivity contribution is -0.930. The molecule has 3 heteroatoms. The third kappa shape index (κ3) is 2.27. The van der Waals surface area contributed by atoms with Crippen molar-refractivity contribution in [3.63, 3.8) is 0 Å². The van der Waals surface area contributed by atoms with Gasteiger partial charge in [0, 0.05) is 24.8 Å². The van der Waals surface area contributed by atoms with Crippen LogP contribution in [0.3, 0.4) is 0 Å². The van der Waals surface area contributed by atoms with Gasteiger partial charge in [0.15, 0.2) is 0 Å². The molecule has 3 rings (SSSR count). The van der Waals surface area contributed by atoms with Gasteiger partial charge in [0.2, 0.25) is 0 Å². The van der Waals surface area contributed by atoms with Crippen molar-refractivity contribution in [3.05, 3.63) is 35.9 Å². The number of fused-ring (bicyclic) bond motifs is 1. The molecule has 0 amide bonds. The number of quaternary nitrogens is 1. The molecule has 0 aliphatic carbocycles. The summed E-state index contributed by atoms with van der Waals surface area (Å²) in [6, 6.07) is 11.6. The van der Waals surface area contributed by atoms with Crippen LogP contribution < -0.4 is 4.90 Å². The Kier molecular flexibility index (Phi) is 3.56. The molecule has 2 saturated heterocycles. The molecule has 0 saturated carbocycles. The largest absolute Gasteiger partial charge is 0.466 e. The van der Waals surface area contributed by atoms with E-state index in [4.69, 9.17) is 4.74 Å². The average Bonchev–Trinajstić information content (AvgIpc) is 3.01. The normalized spacial score (nSPS) is 33.1. The summed E-state index contributed by atoms with van der Waals surface area (Å²) < 4.78 is 5.27. The van der Waals surface area contributed by atoms with Gasteiger partial charge in [-0.15, -0.1) is 0 Å². The number of esters is 1. The summed E-state index contributed by atoms with van der Waals surface area (Å²) in [4.78, 5) is 13.7. The van der Waals surface area contributed by atoms with Gasteiger partial charge in [-0.1, -0.05) is 30.3 Å². The maximum atomic E-state index is 12.1. The van der Waals surface area contributed by atoms with E-state index in [2.05, 4.69) is 30.3 Å². The molecule has 1 unspecified atom stereocenters. The monoisotopic (exact) mass is 260 g/mol. The number of nitrogens with one attached hydrogen (secondary N) is 1. The molecule has 3 nitrogen and oxygen atoms in total. The van der Waals surface area contributed by atoms with Gasteiger partial charge in [0.05, 0.1) is 13.2 Å². The van der Waals surface area contributed by atoms with E-state index < -0.39 is 0 Å². The van der Waals surface area contributed by atoms with Crippen LogP contribution in [-0.4, -0.2) is 25.2 Å². The topological polar surface area (TPSA) is 30.7 Å². The number of ether oxygens (including phenoxy) is 1. The Bertz CT molecular complexity index is 445. The number of hydrogen-bond acceptors (Lipinski definition) is 2. The molecule has 2 aliphatic heterocycles. The molecule has 4 atom stereocenters. The molecule has 2 fully saturated rings. The number of carbonyl (C=O) groups excluding carboxylic acids is 1. The lowest BCUT2D eigenvalue weighted by Gasteiger charge is -2.21. The minimum absolute atomic E-state index is 0.0188. The number of hydrogen-bond donors (Lipinski definition) is 1. The molecule has 2 heterocycles. The zero-order valence-electron chi connectivity index (χ0n) is 11.5. The van der Waals surface area contributed by atoms with E-state index in [1.165, 1.54) is 24.9 Å². The second kappa shape index (κ2) is 5.33.